The Labute approximate surface area is 190 Å². The number of likely N-dealkylation sites (tertiary alicyclic amines) is 1. The highest BCUT2D eigenvalue weighted by atomic mass is 16.6. The van der Waals surface area contributed by atoms with Gasteiger partial charge in [-0.1, -0.05) is 54.6 Å². The lowest BCUT2D eigenvalue weighted by atomic mass is 9.97. The van der Waals surface area contributed by atoms with Crippen LogP contribution in [0.3, 0.4) is 0 Å². The van der Waals surface area contributed by atoms with Gasteiger partial charge in [-0.25, -0.2) is 4.79 Å². The van der Waals surface area contributed by atoms with Crippen molar-refractivity contribution in [3.8, 4) is 0 Å². The van der Waals surface area contributed by atoms with E-state index in [-0.39, 0.29) is 17.9 Å². The van der Waals surface area contributed by atoms with Gasteiger partial charge in [0.1, 0.15) is 5.60 Å². The van der Waals surface area contributed by atoms with Gasteiger partial charge in [0.25, 0.3) is 0 Å². The number of benzene rings is 2. The lowest BCUT2D eigenvalue weighted by molar-refractivity contribution is -0.126. The molecule has 1 aliphatic heterocycles. The molecule has 1 unspecified atom stereocenters. The van der Waals surface area contributed by atoms with Crippen molar-refractivity contribution < 1.29 is 19.1 Å². The zero-order chi connectivity index (χ0) is 23.0. The van der Waals surface area contributed by atoms with Crippen LogP contribution in [0.5, 0.6) is 0 Å². The topological polar surface area (TPSA) is 67.9 Å². The highest BCUT2D eigenvalue weighted by Gasteiger charge is 2.30. The van der Waals surface area contributed by atoms with Crippen LogP contribution in [0.4, 0.5) is 4.79 Å². The van der Waals surface area contributed by atoms with Gasteiger partial charge in [0, 0.05) is 19.6 Å². The maximum Gasteiger partial charge on any atom is 0.410 e. The molecule has 0 bridgehead atoms. The van der Waals surface area contributed by atoms with Crippen molar-refractivity contribution in [1.82, 2.24) is 10.2 Å². The number of amides is 2. The standard InChI is InChI=1S/C26H34N2O4/c1-26(2,3)32-25(30)28-15-9-14-22(17-28)24(29)27-16-21-12-7-8-13-23(21)19-31-18-20-10-5-4-6-11-20/h4-8,10-13,22H,9,14-19H2,1-3H3,(H,27,29). The molecule has 6 heteroatoms. The van der Waals surface area contributed by atoms with Crippen molar-refractivity contribution in [3.05, 3.63) is 71.3 Å². The molecule has 1 fully saturated rings. The number of piperidine rings is 1. The molecule has 1 atom stereocenters. The summed E-state index contributed by atoms with van der Waals surface area (Å²) in [6.07, 6.45) is 1.21. The Bertz CT molecular complexity index is 892. The average molecular weight is 439 g/mol. The number of ether oxygens (including phenoxy) is 2. The lowest BCUT2D eigenvalue weighted by Gasteiger charge is -2.33. The largest absolute Gasteiger partial charge is 0.444 e. The predicted molar refractivity (Wildman–Crippen MR) is 124 cm³/mol. The fourth-order valence-electron chi connectivity index (χ4n) is 3.73. The number of nitrogens with one attached hydrogen (secondary N) is 1. The van der Waals surface area contributed by atoms with Crippen LogP contribution in [0.2, 0.25) is 0 Å². The average Bonchev–Trinajstić information content (AvgIpc) is 2.78. The molecular weight excluding hydrogens is 404 g/mol. The van der Waals surface area contributed by atoms with E-state index in [1.54, 1.807) is 4.90 Å². The van der Waals surface area contributed by atoms with E-state index in [2.05, 4.69) is 5.32 Å². The van der Waals surface area contributed by atoms with E-state index in [1.165, 1.54) is 0 Å². The Morgan fingerprint density at radius 1 is 1.00 bits per heavy atom. The molecule has 0 radical (unpaired) electrons. The minimum Gasteiger partial charge on any atom is -0.444 e. The molecule has 3 rings (SSSR count). The molecule has 1 saturated heterocycles. The second-order valence-electron chi connectivity index (χ2n) is 9.23. The second kappa shape index (κ2) is 11.1. The first-order chi connectivity index (χ1) is 15.3. The first-order valence-corrected chi connectivity index (χ1v) is 11.3. The van der Waals surface area contributed by atoms with Crippen LogP contribution in [0.15, 0.2) is 54.6 Å². The number of nitrogens with zero attached hydrogens (tertiary/aromatic N) is 1. The summed E-state index contributed by atoms with van der Waals surface area (Å²) in [5.74, 6) is -0.254. The molecule has 0 aromatic heterocycles. The van der Waals surface area contributed by atoms with Gasteiger partial charge in [-0.2, -0.15) is 0 Å². The van der Waals surface area contributed by atoms with E-state index in [4.69, 9.17) is 9.47 Å². The van der Waals surface area contributed by atoms with Gasteiger partial charge >= 0.3 is 6.09 Å². The highest BCUT2D eigenvalue weighted by molar-refractivity contribution is 5.80. The SMILES string of the molecule is CC(C)(C)OC(=O)N1CCCC(C(=O)NCc2ccccc2COCc2ccccc2)C1. The summed E-state index contributed by atoms with van der Waals surface area (Å²) in [5.41, 5.74) is 2.68. The van der Waals surface area contributed by atoms with Crippen LogP contribution in [-0.4, -0.2) is 35.6 Å². The molecule has 172 valence electrons. The Kier molecular flexibility index (Phi) is 8.28. The molecule has 0 aliphatic carbocycles. The van der Waals surface area contributed by atoms with E-state index in [9.17, 15) is 9.59 Å². The Hall–Kier alpha value is -2.86. The lowest BCUT2D eigenvalue weighted by Crippen LogP contribution is -2.46. The minimum absolute atomic E-state index is 0.0294. The number of carbonyl (C=O) groups is 2. The quantitative estimate of drug-likeness (QED) is 0.682. The van der Waals surface area contributed by atoms with Gasteiger partial charge in [-0.3, -0.25) is 4.79 Å². The van der Waals surface area contributed by atoms with E-state index in [0.717, 1.165) is 29.5 Å². The van der Waals surface area contributed by atoms with Crippen molar-refractivity contribution in [2.24, 2.45) is 5.92 Å². The molecule has 32 heavy (non-hydrogen) atoms. The maximum absolute atomic E-state index is 12.8. The summed E-state index contributed by atoms with van der Waals surface area (Å²) in [7, 11) is 0. The van der Waals surface area contributed by atoms with Crippen molar-refractivity contribution in [2.45, 2.75) is 59.0 Å². The molecule has 6 nitrogen and oxygen atoms in total. The van der Waals surface area contributed by atoms with Crippen LogP contribution in [0.1, 0.15) is 50.3 Å². The van der Waals surface area contributed by atoms with E-state index in [0.29, 0.717) is 32.8 Å². The third-order valence-electron chi connectivity index (χ3n) is 5.38. The third kappa shape index (κ3) is 7.38. The third-order valence-corrected chi connectivity index (χ3v) is 5.38. The van der Waals surface area contributed by atoms with Gasteiger partial charge in [-0.05, 0) is 50.3 Å². The summed E-state index contributed by atoms with van der Waals surface area (Å²) in [6, 6.07) is 18.0. The number of carbonyl (C=O) groups excluding carboxylic acids is 2. The Morgan fingerprint density at radius 2 is 1.69 bits per heavy atom. The second-order valence-corrected chi connectivity index (χ2v) is 9.23. The fourth-order valence-corrected chi connectivity index (χ4v) is 3.73. The van der Waals surface area contributed by atoms with Crippen LogP contribution in [0.25, 0.3) is 0 Å². The van der Waals surface area contributed by atoms with Crippen LogP contribution in [-0.2, 0) is 34.0 Å². The molecule has 1 heterocycles. The molecule has 1 N–H and O–H groups in total. The predicted octanol–water partition coefficient (Wildman–Crippen LogP) is 4.67. The van der Waals surface area contributed by atoms with Crippen molar-refractivity contribution >= 4 is 12.0 Å². The maximum atomic E-state index is 12.8. The van der Waals surface area contributed by atoms with Crippen molar-refractivity contribution in [2.75, 3.05) is 13.1 Å². The summed E-state index contributed by atoms with van der Waals surface area (Å²) in [6.45, 7) is 8.02. The van der Waals surface area contributed by atoms with Gasteiger partial charge < -0.3 is 19.7 Å². The first-order valence-electron chi connectivity index (χ1n) is 11.3. The molecule has 2 aromatic carbocycles. The Balaban J connectivity index is 1.50. The molecule has 2 aromatic rings. The summed E-state index contributed by atoms with van der Waals surface area (Å²) in [5, 5.41) is 3.05. The van der Waals surface area contributed by atoms with Gasteiger partial charge in [0.05, 0.1) is 19.1 Å². The van der Waals surface area contributed by atoms with E-state index < -0.39 is 5.60 Å². The zero-order valence-electron chi connectivity index (χ0n) is 19.3. The van der Waals surface area contributed by atoms with E-state index in [1.807, 2.05) is 75.4 Å². The van der Waals surface area contributed by atoms with Gasteiger partial charge in [0.2, 0.25) is 5.91 Å². The van der Waals surface area contributed by atoms with Crippen LogP contribution < -0.4 is 5.32 Å². The highest BCUT2D eigenvalue weighted by Crippen LogP contribution is 2.20. The monoisotopic (exact) mass is 438 g/mol. The summed E-state index contributed by atoms with van der Waals surface area (Å²) >= 11 is 0. The smallest absolute Gasteiger partial charge is 0.410 e. The van der Waals surface area contributed by atoms with Crippen molar-refractivity contribution in [3.63, 3.8) is 0 Å². The Morgan fingerprint density at radius 3 is 2.41 bits per heavy atom. The fraction of sp³-hybridized carbons (Fsp3) is 0.462. The minimum atomic E-state index is -0.543. The van der Waals surface area contributed by atoms with Gasteiger partial charge in [-0.15, -0.1) is 0 Å². The number of rotatable bonds is 7. The summed E-state index contributed by atoms with van der Waals surface area (Å²) < 4.78 is 11.3. The van der Waals surface area contributed by atoms with E-state index >= 15 is 0 Å². The van der Waals surface area contributed by atoms with Gasteiger partial charge in [0.15, 0.2) is 0 Å². The summed E-state index contributed by atoms with van der Waals surface area (Å²) in [4.78, 5) is 26.8. The molecule has 0 saturated carbocycles. The number of hydrogen-bond acceptors (Lipinski definition) is 4. The zero-order valence-corrected chi connectivity index (χ0v) is 19.3. The number of hydrogen-bond donors (Lipinski definition) is 1. The molecule has 0 spiro atoms. The van der Waals surface area contributed by atoms with Crippen LogP contribution in [0, 0.1) is 5.92 Å². The molecule has 2 amide bonds. The van der Waals surface area contributed by atoms with Crippen molar-refractivity contribution in [1.29, 1.82) is 0 Å². The molecular formula is C26H34N2O4. The molecule has 1 aliphatic rings. The first kappa shape index (κ1) is 23.8. The van der Waals surface area contributed by atoms with Crippen LogP contribution >= 0.6 is 0 Å². The normalized spacial score (nSPS) is 16.5.